The fourth-order valence-corrected chi connectivity index (χ4v) is 0.807. The molecule has 0 heterocycles. The van der Waals surface area contributed by atoms with Crippen LogP contribution in [0.4, 0.5) is 0 Å². The molecule has 0 radical (unpaired) electrons. The molecule has 0 saturated heterocycles. The molecule has 0 fully saturated rings. The molecule has 10 heavy (non-hydrogen) atoms. The molecular formula is C7H9CaNS. The van der Waals surface area contributed by atoms with Crippen LogP contribution >= 0.6 is 0 Å². The minimum absolute atomic E-state index is 0. The van der Waals surface area contributed by atoms with E-state index in [0.717, 1.165) is 0 Å². The predicted molar refractivity (Wildman–Crippen MR) is 48.5 cm³/mol. The van der Waals surface area contributed by atoms with Crippen LogP contribution in [0, 0.1) is 0 Å². The second kappa shape index (κ2) is 6.23. The number of hydrogen-bond donors (Lipinski definition) is 0. The molecule has 0 atom stereocenters. The zero-order valence-electron chi connectivity index (χ0n) is 4.95. The van der Waals surface area contributed by atoms with Crippen molar-refractivity contribution in [3.05, 3.63) is 35.9 Å². The van der Waals surface area contributed by atoms with Crippen molar-refractivity contribution >= 4 is 50.2 Å². The van der Waals surface area contributed by atoms with E-state index in [2.05, 4.69) is 16.8 Å². The molecule has 0 amide bonds. The minimum atomic E-state index is 0. The van der Waals surface area contributed by atoms with Gasteiger partial charge >= 0.3 is 37.7 Å². The Morgan fingerprint density at radius 3 is 2.30 bits per heavy atom. The summed E-state index contributed by atoms with van der Waals surface area (Å²) in [4.78, 5) is 0. The van der Waals surface area contributed by atoms with Crippen molar-refractivity contribution in [2.75, 3.05) is 0 Å². The van der Waals surface area contributed by atoms with Crippen molar-refractivity contribution in [3.8, 4) is 0 Å². The van der Waals surface area contributed by atoms with Gasteiger partial charge in [0.15, 0.2) is 0 Å². The van der Waals surface area contributed by atoms with Crippen LogP contribution in [0.3, 0.4) is 0 Å². The normalized spacial score (nSPS) is 8.00. The first-order chi connectivity index (χ1) is 4.43. The number of hydrogen-bond acceptors (Lipinski definition) is 2. The second-order valence-corrected chi connectivity index (χ2v) is 2.03. The molecule has 0 aromatic heterocycles. The van der Waals surface area contributed by atoms with Crippen LogP contribution < -0.4 is 0 Å². The third-order valence-electron chi connectivity index (χ3n) is 1.09. The molecule has 0 aliphatic heterocycles. The molecule has 0 N–H and O–H groups in total. The summed E-state index contributed by atoms with van der Waals surface area (Å²) in [7, 11) is 0. The number of benzene rings is 1. The summed E-state index contributed by atoms with van der Waals surface area (Å²) in [5, 5.41) is 0. The Hall–Kier alpha value is 0.500. The first kappa shape index (κ1) is 10.5. The Balaban J connectivity index is 0.000000810. The average Bonchev–Trinajstić information content (AvgIpc) is 1.91. The third kappa shape index (κ3) is 3.62. The summed E-state index contributed by atoms with van der Waals surface area (Å²) in [6, 6.07) is 9.96. The SMILES string of the molecule is S=NCc1ccccc1.[CaH2]. The Kier molecular flexibility index (Phi) is 6.54. The third-order valence-corrected chi connectivity index (χ3v) is 1.22. The summed E-state index contributed by atoms with van der Waals surface area (Å²) in [5.74, 6) is 0. The Bertz CT molecular complexity index is 188. The summed E-state index contributed by atoms with van der Waals surface area (Å²) >= 11 is 4.46. The molecule has 0 spiro atoms. The molecule has 3 heteroatoms. The van der Waals surface area contributed by atoms with Crippen molar-refractivity contribution in [1.29, 1.82) is 0 Å². The molecule has 1 aromatic carbocycles. The van der Waals surface area contributed by atoms with E-state index >= 15 is 0 Å². The van der Waals surface area contributed by atoms with Crippen LogP contribution in [0.15, 0.2) is 34.7 Å². The Morgan fingerprint density at radius 2 is 1.80 bits per heavy atom. The van der Waals surface area contributed by atoms with E-state index in [4.69, 9.17) is 0 Å². The van der Waals surface area contributed by atoms with Crippen molar-refractivity contribution < 1.29 is 0 Å². The zero-order chi connectivity index (χ0) is 6.53. The molecule has 0 aliphatic rings. The van der Waals surface area contributed by atoms with Gasteiger partial charge in [0.05, 0.1) is 6.54 Å². The van der Waals surface area contributed by atoms with Crippen LogP contribution in [-0.2, 0) is 19.0 Å². The van der Waals surface area contributed by atoms with E-state index in [-0.39, 0.29) is 37.7 Å². The van der Waals surface area contributed by atoms with Gasteiger partial charge in [-0.05, 0) is 5.56 Å². The summed E-state index contributed by atoms with van der Waals surface area (Å²) in [6.45, 7) is 0.649. The van der Waals surface area contributed by atoms with Crippen LogP contribution in [0.2, 0.25) is 0 Å². The van der Waals surface area contributed by atoms with Crippen molar-refractivity contribution in [3.63, 3.8) is 0 Å². The van der Waals surface area contributed by atoms with Crippen molar-refractivity contribution in [2.24, 2.45) is 4.36 Å². The molecule has 0 bridgehead atoms. The van der Waals surface area contributed by atoms with Gasteiger partial charge in [-0.15, -0.1) is 0 Å². The number of nitrogens with zero attached hydrogens (tertiary/aromatic N) is 1. The summed E-state index contributed by atoms with van der Waals surface area (Å²) in [6.07, 6.45) is 0. The predicted octanol–water partition coefficient (Wildman–Crippen LogP) is 1.00. The van der Waals surface area contributed by atoms with Gasteiger partial charge in [0.25, 0.3) is 0 Å². The van der Waals surface area contributed by atoms with Crippen LogP contribution in [0.25, 0.3) is 0 Å². The molecule has 1 aromatic rings. The topological polar surface area (TPSA) is 12.4 Å². The van der Waals surface area contributed by atoms with Gasteiger partial charge in [-0.25, -0.2) is 4.36 Å². The first-order valence-electron chi connectivity index (χ1n) is 2.76. The van der Waals surface area contributed by atoms with Crippen LogP contribution in [-0.4, -0.2) is 37.7 Å². The van der Waals surface area contributed by atoms with Crippen LogP contribution in [0.1, 0.15) is 5.56 Å². The average molecular weight is 179 g/mol. The zero-order valence-corrected chi connectivity index (χ0v) is 5.77. The van der Waals surface area contributed by atoms with E-state index in [0.29, 0.717) is 6.54 Å². The van der Waals surface area contributed by atoms with Crippen LogP contribution in [0.5, 0.6) is 0 Å². The van der Waals surface area contributed by atoms with Gasteiger partial charge in [-0.3, -0.25) is 0 Å². The fourth-order valence-electron chi connectivity index (χ4n) is 0.658. The van der Waals surface area contributed by atoms with E-state index in [9.17, 15) is 0 Å². The van der Waals surface area contributed by atoms with Gasteiger partial charge < -0.3 is 0 Å². The fraction of sp³-hybridized carbons (Fsp3) is 0.143. The molecule has 1 nitrogen and oxygen atoms in total. The number of rotatable bonds is 2. The van der Waals surface area contributed by atoms with E-state index in [1.807, 2.05) is 30.3 Å². The monoisotopic (exact) mass is 179 g/mol. The molecule has 0 saturated carbocycles. The van der Waals surface area contributed by atoms with Crippen molar-refractivity contribution in [2.45, 2.75) is 6.54 Å². The van der Waals surface area contributed by atoms with Gasteiger partial charge in [-0.2, -0.15) is 0 Å². The van der Waals surface area contributed by atoms with Gasteiger partial charge in [0, 0.05) is 12.4 Å². The molecule has 0 aliphatic carbocycles. The van der Waals surface area contributed by atoms with Gasteiger partial charge in [-0.1, -0.05) is 30.3 Å². The van der Waals surface area contributed by atoms with E-state index in [1.54, 1.807) is 0 Å². The van der Waals surface area contributed by atoms with Crippen molar-refractivity contribution in [1.82, 2.24) is 0 Å². The maximum atomic E-state index is 4.46. The van der Waals surface area contributed by atoms with E-state index in [1.165, 1.54) is 5.56 Å². The van der Waals surface area contributed by atoms with Gasteiger partial charge in [0.1, 0.15) is 0 Å². The summed E-state index contributed by atoms with van der Waals surface area (Å²) < 4.78 is 3.59. The first-order valence-corrected chi connectivity index (χ1v) is 3.13. The van der Waals surface area contributed by atoms with E-state index < -0.39 is 0 Å². The molecular weight excluding hydrogens is 170 g/mol. The summed E-state index contributed by atoms with van der Waals surface area (Å²) in [5.41, 5.74) is 1.17. The molecule has 0 unspecified atom stereocenters. The standard InChI is InChI=1S/C7H7NS.Ca.2H/c9-8-6-7-4-2-1-3-5-7;;;/h1-5H,6H2;;;. The Labute approximate surface area is 96.0 Å². The van der Waals surface area contributed by atoms with Gasteiger partial charge in [0.2, 0.25) is 0 Å². The maximum absolute atomic E-state index is 4.46. The molecule has 1 rings (SSSR count). The quantitative estimate of drug-likeness (QED) is 0.617. The second-order valence-electron chi connectivity index (χ2n) is 1.77. The Morgan fingerprint density at radius 1 is 1.20 bits per heavy atom. The molecule has 50 valence electrons.